The average molecular weight is 270 g/mol. The molecule has 1 rings (SSSR count). The van der Waals surface area contributed by atoms with Gasteiger partial charge in [0.1, 0.15) is 6.61 Å². The fourth-order valence-electron chi connectivity index (χ4n) is 1.56. The number of alkyl halides is 3. The Kier molecular flexibility index (Phi) is 5.36. The summed E-state index contributed by atoms with van der Waals surface area (Å²) < 4.78 is 44.7. The summed E-state index contributed by atoms with van der Waals surface area (Å²) in [5.41, 5.74) is 4.89. The van der Waals surface area contributed by atoms with Crippen LogP contribution < -0.4 is 11.1 Å². The number of hydrogen-bond acceptors (Lipinski definition) is 4. The van der Waals surface area contributed by atoms with E-state index in [4.69, 9.17) is 10.5 Å². The summed E-state index contributed by atoms with van der Waals surface area (Å²) in [6.07, 6.45) is -3.54. The molecule has 0 aromatic heterocycles. The average Bonchev–Trinajstić information content (AvgIpc) is 2.27. The molecule has 0 unspecified atom stereocenters. The third-order valence-corrected chi connectivity index (χ3v) is 2.63. The first-order valence-electron chi connectivity index (χ1n) is 5.63. The Morgan fingerprint density at radius 3 is 2.56 bits per heavy atom. The van der Waals surface area contributed by atoms with Crippen molar-refractivity contribution in [1.29, 1.82) is 0 Å². The van der Waals surface area contributed by atoms with E-state index in [2.05, 4.69) is 10.1 Å². The molecule has 0 radical (unpaired) electrons. The van der Waals surface area contributed by atoms with Gasteiger partial charge in [0.15, 0.2) is 0 Å². The molecule has 0 bridgehead atoms. The molecule has 0 spiro atoms. The lowest BCUT2D eigenvalue weighted by Crippen LogP contribution is -2.57. The maximum Gasteiger partial charge on any atom is 0.411 e. The Hall–Kier alpha value is -0.860. The molecule has 1 aliphatic heterocycles. The first-order chi connectivity index (χ1) is 8.33. The number of halogens is 3. The van der Waals surface area contributed by atoms with E-state index < -0.39 is 18.3 Å². The van der Waals surface area contributed by atoms with E-state index in [-0.39, 0.29) is 19.1 Å². The normalized spacial score (nSPS) is 19.6. The SMILES string of the molecule is NC1(C(=O)NCCOCC(F)(F)F)CCOCC1. The quantitative estimate of drug-likeness (QED) is 0.699. The monoisotopic (exact) mass is 270 g/mol. The van der Waals surface area contributed by atoms with Crippen LogP contribution in [-0.2, 0) is 14.3 Å². The summed E-state index contributed by atoms with van der Waals surface area (Å²) in [6.45, 7) is -0.681. The second-order valence-corrected chi connectivity index (χ2v) is 4.19. The summed E-state index contributed by atoms with van der Waals surface area (Å²) in [6, 6.07) is 0. The van der Waals surface area contributed by atoms with Gasteiger partial charge in [-0.15, -0.1) is 0 Å². The molecule has 1 fully saturated rings. The number of nitrogens with one attached hydrogen (secondary N) is 1. The summed E-state index contributed by atoms with van der Waals surface area (Å²) in [5.74, 6) is -0.374. The van der Waals surface area contributed by atoms with Crippen LogP contribution in [0.2, 0.25) is 0 Å². The predicted octanol–water partition coefficient (Wildman–Crippen LogP) is 0.189. The van der Waals surface area contributed by atoms with Crippen LogP contribution in [0.15, 0.2) is 0 Å². The van der Waals surface area contributed by atoms with E-state index in [1.807, 2.05) is 0 Å². The minimum Gasteiger partial charge on any atom is -0.381 e. The number of carbonyl (C=O) groups excluding carboxylic acids is 1. The summed E-state index contributed by atoms with van der Waals surface area (Å²) in [7, 11) is 0. The van der Waals surface area contributed by atoms with Gasteiger partial charge in [-0.05, 0) is 12.8 Å². The van der Waals surface area contributed by atoms with Gasteiger partial charge in [-0.3, -0.25) is 4.79 Å². The first kappa shape index (κ1) is 15.2. The van der Waals surface area contributed by atoms with Crippen molar-refractivity contribution in [1.82, 2.24) is 5.32 Å². The van der Waals surface area contributed by atoms with Gasteiger partial charge in [0.05, 0.1) is 12.1 Å². The zero-order valence-corrected chi connectivity index (χ0v) is 9.89. The zero-order chi connectivity index (χ0) is 13.6. The highest BCUT2D eigenvalue weighted by Gasteiger charge is 2.35. The number of amides is 1. The van der Waals surface area contributed by atoms with E-state index >= 15 is 0 Å². The molecule has 0 aliphatic carbocycles. The summed E-state index contributed by atoms with van der Waals surface area (Å²) in [4.78, 5) is 11.7. The smallest absolute Gasteiger partial charge is 0.381 e. The van der Waals surface area contributed by atoms with Crippen LogP contribution in [-0.4, -0.2) is 50.6 Å². The van der Waals surface area contributed by atoms with Crippen molar-refractivity contribution >= 4 is 5.91 Å². The van der Waals surface area contributed by atoms with Gasteiger partial charge < -0.3 is 20.5 Å². The van der Waals surface area contributed by atoms with Crippen LogP contribution in [0.4, 0.5) is 13.2 Å². The van der Waals surface area contributed by atoms with Gasteiger partial charge in [-0.1, -0.05) is 0 Å². The van der Waals surface area contributed by atoms with E-state index in [1.165, 1.54) is 0 Å². The van der Waals surface area contributed by atoms with E-state index in [9.17, 15) is 18.0 Å². The van der Waals surface area contributed by atoms with Crippen LogP contribution in [0, 0.1) is 0 Å². The molecule has 0 aromatic carbocycles. The van der Waals surface area contributed by atoms with Gasteiger partial charge in [-0.25, -0.2) is 0 Å². The minimum absolute atomic E-state index is 0.00865. The van der Waals surface area contributed by atoms with Crippen LogP contribution in [0.5, 0.6) is 0 Å². The number of nitrogens with two attached hydrogens (primary N) is 1. The van der Waals surface area contributed by atoms with Crippen LogP contribution in [0.1, 0.15) is 12.8 Å². The molecule has 106 valence electrons. The van der Waals surface area contributed by atoms with Gasteiger partial charge in [0.2, 0.25) is 5.91 Å². The highest BCUT2D eigenvalue weighted by molar-refractivity contribution is 5.86. The fourth-order valence-corrected chi connectivity index (χ4v) is 1.56. The van der Waals surface area contributed by atoms with Crippen molar-refractivity contribution < 1.29 is 27.4 Å². The van der Waals surface area contributed by atoms with Gasteiger partial charge >= 0.3 is 6.18 Å². The van der Waals surface area contributed by atoms with Crippen molar-refractivity contribution in [3.05, 3.63) is 0 Å². The summed E-state index contributed by atoms with van der Waals surface area (Å²) in [5, 5.41) is 2.47. The molecule has 1 heterocycles. The largest absolute Gasteiger partial charge is 0.411 e. The van der Waals surface area contributed by atoms with E-state index in [0.717, 1.165) is 0 Å². The van der Waals surface area contributed by atoms with Crippen molar-refractivity contribution in [3.8, 4) is 0 Å². The third kappa shape index (κ3) is 5.19. The van der Waals surface area contributed by atoms with Gasteiger partial charge in [0, 0.05) is 19.8 Å². The van der Waals surface area contributed by atoms with Crippen molar-refractivity contribution in [3.63, 3.8) is 0 Å². The molecular weight excluding hydrogens is 253 g/mol. The maximum absolute atomic E-state index is 11.7. The van der Waals surface area contributed by atoms with Crippen molar-refractivity contribution in [2.24, 2.45) is 5.73 Å². The third-order valence-electron chi connectivity index (χ3n) is 2.63. The number of rotatable bonds is 5. The molecule has 0 aromatic rings. The van der Waals surface area contributed by atoms with Crippen LogP contribution in [0.25, 0.3) is 0 Å². The molecular formula is C10H17F3N2O3. The molecule has 0 saturated carbocycles. The van der Waals surface area contributed by atoms with E-state index in [0.29, 0.717) is 26.1 Å². The molecule has 5 nitrogen and oxygen atoms in total. The van der Waals surface area contributed by atoms with Gasteiger partial charge in [-0.2, -0.15) is 13.2 Å². The Morgan fingerprint density at radius 1 is 1.39 bits per heavy atom. The van der Waals surface area contributed by atoms with Gasteiger partial charge in [0.25, 0.3) is 0 Å². The lowest BCUT2D eigenvalue weighted by Gasteiger charge is -2.31. The highest BCUT2D eigenvalue weighted by Crippen LogP contribution is 2.17. The topological polar surface area (TPSA) is 73.6 Å². The number of carbonyl (C=O) groups is 1. The number of ether oxygens (including phenoxy) is 2. The minimum atomic E-state index is -4.35. The predicted molar refractivity (Wildman–Crippen MR) is 56.9 cm³/mol. The maximum atomic E-state index is 11.7. The Morgan fingerprint density at radius 2 is 2.00 bits per heavy atom. The second-order valence-electron chi connectivity index (χ2n) is 4.19. The van der Waals surface area contributed by atoms with Crippen LogP contribution >= 0.6 is 0 Å². The Labute approximate surface area is 103 Å². The lowest BCUT2D eigenvalue weighted by molar-refractivity contribution is -0.173. The molecule has 0 atom stereocenters. The molecule has 1 amide bonds. The Bertz CT molecular complexity index is 278. The first-order valence-corrected chi connectivity index (χ1v) is 5.63. The molecule has 1 aliphatic rings. The molecule has 1 saturated heterocycles. The zero-order valence-electron chi connectivity index (χ0n) is 9.89. The second kappa shape index (κ2) is 6.35. The fraction of sp³-hybridized carbons (Fsp3) is 0.900. The Balaban J connectivity index is 2.17. The molecule has 3 N–H and O–H groups in total. The van der Waals surface area contributed by atoms with Crippen LogP contribution in [0.3, 0.4) is 0 Å². The standard InChI is InChI=1S/C10H17F3N2O3/c11-10(12,13)7-18-6-3-15-8(16)9(14)1-4-17-5-2-9/h1-7,14H2,(H,15,16). The lowest BCUT2D eigenvalue weighted by atomic mass is 9.90. The molecule has 8 heteroatoms. The van der Waals surface area contributed by atoms with Crippen molar-refractivity contribution in [2.45, 2.75) is 24.6 Å². The van der Waals surface area contributed by atoms with E-state index in [1.54, 1.807) is 0 Å². The number of hydrogen-bond donors (Lipinski definition) is 2. The summed E-state index contributed by atoms with van der Waals surface area (Å²) >= 11 is 0. The highest BCUT2D eigenvalue weighted by atomic mass is 19.4. The van der Waals surface area contributed by atoms with Crippen molar-refractivity contribution in [2.75, 3.05) is 33.0 Å². The molecule has 18 heavy (non-hydrogen) atoms.